The lowest BCUT2D eigenvalue weighted by molar-refractivity contribution is 0.0664. The van der Waals surface area contributed by atoms with Gasteiger partial charge in [0.05, 0.1) is 15.9 Å². The number of benzene rings is 2. The Kier molecular flexibility index (Phi) is 4.84. The number of urea groups is 1. The summed E-state index contributed by atoms with van der Waals surface area (Å²) in [6.45, 7) is 3.34. The smallest absolute Gasteiger partial charge is 0.316 e. The first-order chi connectivity index (χ1) is 15.0. The van der Waals surface area contributed by atoms with E-state index in [1.165, 1.54) is 0 Å². The molecule has 2 aromatic heterocycles. The number of piperazine rings is 1. The third-order valence-electron chi connectivity index (χ3n) is 5.58. The van der Waals surface area contributed by atoms with Crippen LogP contribution in [0.5, 0.6) is 0 Å². The predicted molar refractivity (Wildman–Crippen MR) is 123 cm³/mol. The van der Waals surface area contributed by atoms with Crippen LogP contribution in [0.25, 0.3) is 26.4 Å². The number of fused-ring (bicyclic) bond motifs is 3. The number of primary amides is 1. The Morgan fingerprint density at radius 2 is 1.81 bits per heavy atom. The van der Waals surface area contributed by atoms with Crippen molar-refractivity contribution in [1.82, 2.24) is 19.2 Å². The van der Waals surface area contributed by atoms with Crippen molar-refractivity contribution in [2.24, 2.45) is 5.73 Å². The predicted octanol–water partition coefficient (Wildman–Crippen LogP) is 3.09. The number of aromatic nitrogens is 2. The Labute approximate surface area is 182 Å². The van der Waals surface area contributed by atoms with Crippen LogP contribution in [-0.2, 0) is 0 Å². The number of thiazole rings is 1. The van der Waals surface area contributed by atoms with Gasteiger partial charge in [-0.3, -0.25) is 9.20 Å². The molecule has 3 heterocycles. The molecule has 8 nitrogen and oxygen atoms in total. The Morgan fingerprint density at radius 3 is 2.52 bits per heavy atom. The first kappa shape index (κ1) is 19.5. The lowest BCUT2D eigenvalue weighted by Crippen LogP contribution is -2.47. The monoisotopic (exact) mass is 434 g/mol. The lowest BCUT2D eigenvalue weighted by Gasteiger charge is -2.32. The third kappa shape index (κ3) is 3.73. The molecule has 3 amide bonds. The number of nitrogens with two attached hydrogens (primary N) is 1. The van der Waals surface area contributed by atoms with Crippen LogP contribution in [0.15, 0.2) is 48.7 Å². The Hall–Kier alpha value is -3.43. The third-order valence-corrected chi connectivity index (χ3v) is 6.60. The standard InChI is InChI=1S/C22H22N6O2S/c1-26-8-10-27(11-9-26)20(29)15-4-7-18-19(12-15)31-22-25-17(13-28(18)22)14-2-5-16(6-3-14)24-21(23)30/h2-7,12-13H,8-11H2,1H3,(H3,23,24,30). The summed E-state index contributed by atoms with van der Waals surface area (Å²) in [4.78, 5) is 33.6. The second kappa shape index (κ2) is 7.68. The summed E-state index contributed by atoms with van der Waals surface area (Å²) in [6, 6.07) is 12.7. The summed E-state index contributed by atoms with van der Waals surface area (Å²) < 4.78 is 3.09. The number of imidazole rings is 1. The van der Waals surface area contributed by atoms with E-state index in [0.717, 1.165) is 58.2 Å². The molecule has 4 aromatic rings. The Morgan fingerprint density at radius 1 is 1.06 bits per heavy atom. The molecule has 0 spiro atoms. The summed E-state index contributed by atoms with van der Waals surface area (Å²) in [7, 11) is 2.08. The fraction of sp³-hybridized carbons (Fsp3) is 0.227. The van der Waals surface area contributed by atoms with Crippen LogP contribution in [0.4, 0.5) is 10.5 Å². The average molecular weight is 435 g/mol. The second-order valence-electron chi connectivity index (χ2n) is 7.73. The highest BCUT2D eigenvalue weighted by Crippen LogP contribution is 2.31. The summed E-state index contributed by atoms with van der Waals surface area (Å²) in [5.41, 5.74) is 9.33. The zero-order valence-electron chi connectivity index (χ0n) is 17.0. The molecule has 0 aliphatic carbocycles. The molecule has 1 saturated heterocycles. The van der Waals surface area contributed by atoms with Crippen LogP contribution in [0, 0.1) is 0 Å². The highest BCUT2D eigenvalue weighted by molar-refractivity contribution is 7.23. The molecule has 9 heteroatoms. The van der Waals surface area contributed by atoms with Crippen LogP contribution in [0.3, 0.4) is 0 Å². The molecule has 0 saturated carbocycles. The first-order valence-electron chi connectivity index (χ1n) is 10.0. The number of likely N-dealkylation sites (N-methyl/N-ethyl adjacent to an activating group) is 1. The van der Waals surface area contributed by atoms with Crippen molar-refractivity contribution in [3.8, 4) is 11.3 Å². The van der Waals surface area contributed by atoms with E-state index < -0.39 is 6.03 Å². The van der Waals surface area contributed by atoms with Crippen molar-refractivity contribution in [3.05, 3.63) is 54.2 Å². The normalized spacial score (nSPS) is 14.9. The molecule has 1 aliphatic heterocycles. The molecule has 2 aromatic carbocycles. The molecular weight excluding hydrogens is 412 g/mol. The van der Waals surface area contributed by atoms with Crippen molar-refractivity contribution >= 4 is 44.1 Å². The number of carbonyl (C=O) groups is 2. The minimum Gasteiger partial charge on any atom is -0.351 e. The molecule has 158 valence electrons. The maximum Gasteiger partial charge on any atom is 0.316 e. The zero-order valence-corrected chi connectivity index (χ0v) is 17.9. The van der Waals surface area contributed by atoms with Crippen LogP contribution in [0.2, 0.25) is 0 Å². The van der Waals surface area contributed by atoms with Crippen molar-refractivity contribution in [3.63, 3.8) is 0 Å². The SMILES string of the molecule is CN1CCN(C(=O)c2ccc3c(c2)sc2nc(-c4ccc(NC(N)=O)cc4)cn23)CC1. The molecule has 0 radical (unpaired) electrons. The highest BCUT2D eigenvalue weighted by atomic mass is 32.1. The quantitative estimate of drug-likeness (QED) is 0.518. The van der Waals surface area contributed by atoms with Crippen LogP contribution >= 0.6 is 11.3 Å². The van der Waals surface area contributed by atoms with Gasteiger partial charge in [0.25, 0.3) is 5.91 Å². The van der Waals surface area contributed by atoms with Gasteiger partial charge in [-0.25, -0.2) is 9.78 Å². The number of nitrogens with zero attached hydrogens (tertiary/aromatic N) is 4. The van der Waals surface area contributed by atoms with E-state index in [-0.39, 0.29) is 5.91 Å². The maximum atomic E-state index is 12.9. The Balaban J connectivity index is 1.42. The molecule has 5 rings (SSSR count). The van der Waals surface area contributed by atoms with E-state index in [2.05, 4.69) is 21.7 Å². The van der Waals surface area contributed by atoms with Crippen molar-refractivity contribution in [2.75, 3.05) is 38.5 Å². The van der Waals surface area contributed by atoms with Crippen molar-refractivity contribution in [2.45, 2.75) is 0 Å². The first-order valence-corrected chi connectivity index (χ1v) is 10.9. The molecule has 1 aliphatic rings. The number of rotatable bonds is 3. The second-order valence-corrected chi connectivity index (χ2v) is 8.73. The number of amides is 3. The van der Waals surface area contributed by atoms with E-state index >= 15 is 0 Å². The average Bonchev–Trinajstić information content (AvgIpc) is 3.31. The van der Waals surface area contributed by atoms with Crippen molar-refractivity contribution in [1.29, 1.82) is 0 Å². The van der Waals surface area contributed by atoms with Gasteiger partial charge < -0.3 is 20.9 Å². The summed E-state index contributed by atoms with van der Waals surface area (Å²) in [5, 5.41) is 2.55. The number of carbonyl (C=O) groups excluding carboxylic acids is 2. The van der Waals surface area contributed by atoms with E-state index in [1.54, 1.807) is 23.5 Å². The maximum absolute atomic E-state index is 12.9. The van der Waals surface area contributed by atoms with Crippen LogP contribution < -0.4 is 11.1 Å². The number of hydrogen-bond donors (Lipinski definition) is 2. The van der Waals surface area contributed by atoms with Gasteiger partial charge in [-0.1, -0.05) is 23.5 Å². The van der Waals surface area contributed by atoms with E-state index in [1.807, 2.05) is 41.4 Å². The highest BCUT2D eigenvalue weighted by Gasteiger charge is 2.21. The summed E-state index contributed by atoms with van der Waals surface area (Å²) >= 11 is 1.57. The summed E-state index contributed by atoms with van der Waals surface area (Å²) in [6.07, 6.45) is 1.99. The van der Waals surface area contributed by atoms with Gasteiger partial charge in [0, 0.05) is 49.2 Å². The number of nitrogens with one attached hydrogen (secondary N) is 1. The molecule has 0 bridgehead atoms. The summed E-state index contributed by atoms with van der Waals surface area (Å²) in [5.74, 6) is 0.0892. The zero-order chi connectivity index (χ0) is 21.5. The van der Waals surface area contributed by atoms with E-state index in [0.29, 0.717) is 5.69 Å². The van der Waals surface area contributed by atoms with Gasteiger partial charge in [-0.2, -0.15) is 0 Å². The molecule has 1 fully saturated rings. The lowest BCUT2D eigenvalue weighted by atomic mass is 10.1. The minimum absolute atomic E-state index is 0.0892. The topological polar surface area (TPSA) is 96.0 Å². The van der Waals surface area contributed by atoms with E-state index in [9.17, 15) is 9.59 Å². The van der Waals surface area contributed by atoms with Gasteiger partial charge in [0.2, 0.25) is 0 Å². The van der Waals surface area contributed by atoms with Crippen LogP contribution in [0.1, 0.15) is 10.4 Å². The Bertz CT molecular complexity index is 1280. The minimum atomic E-state index is -0.591. The van der Waals surface area contributed by atoms with Gasteiger partial charge in [-0.15, -0.1) is 0 Å². The number of anilines is 1. The fourth-order valence-corrected chi connectivity index (χ4v) is 4.88. The number of hydrogen-bond acceptors (Lipinski definition) is 5. The molecule has 3 N–H and O–H groups in total. The molecule has 31 heavy (non-hydrogen) atoms. The molecule has 0 atom stereocenters. The largest absolute Gasteiger partial charge is 0.351 e. The van der Waals surface area contributed by atoms with Gasteiger partial charge in [0.1, 0.15) is 0 Å². The van der Waals surface area contributed by atoms with E-state index in [4.69, 9.17) is 10.7 Å². The molecular formula is C22H22N6O2S. The van der Waals surface area contributed by atoms with Crippen molar-refractivity contribution < 1.29 is 9.59 Å². The van der Waals surface area contributed by atoms with Gasteiger partial charge in [-0.05, 0) is 37.4 Å². The van der Waals surface area contributed by atoms with Gasteiger partial charge in [0.15, 0.2) is 4.96 Å². The van der Waals surface area contributed by atoms with Gasteiger partial charge >= 0.3 is 6.03 Å². The molecule has 0 unspecified atom stereocenters. The fourth-order valence-electron chi connectivity index (χ4n) is 3.83. The van der Waals surface area contributed by atoms with Crippen LogP contribution in [-0.4, -0.2) is 64.3 Å².